The minimum atomic E-state index is -0.416. The largest absolute Gasteiger partial charge is 0.336 e. The van der Waals surface area contributed by atoms with Gasteiger partial charge in [0.05, 0.1) is 6.04 Å². The number of carbonyl (C=O) groups is 2. The molecule has 1 aromatic carbocycles. The number of carbonyl (C=O) groups excluding carboxylic acids is 2. The zero-order valence-corrected chi connectivity index (χ0v) is 10.2. The Morgan fingerprint density at radius 3 is 2.12 bits per heavy atom. The lowest BCUT2D eigenvalue weighted by Crippen LogP contribution is -2.39. The van der Waals surface area contributed by atoms with Crippen molar-refractivity contribution in [2.45, 2.75) is 26.8 Å². The van der Waals surface area contributed by atoms with E-state index in [4.69, 9.17) is 0 Å². The first-order valence-corrected chi connectivity index (χ1v) is 5.27. The normalized spacial score (nSPS) is 12.0. The average molecular weight is 219 g/mol. The van der Waals surface area contributed by atoms with Gasteiger partial charge in [-0.3, -0.25) is 9.59 Å². The van der Waals surface area contributed by atoms with E-state index < -0.39 is 6.04 Å². The van der Waals surface area contributed by atoms with Crippen molar-refractivity contribution in [1.82, 2.24) is 4.90 Å². The van der Waals surface area contributed by atoms with Crippen LogP contribution in [0, 0.1) is 6.92 Å². The van der Waals surface area contributed by atoms with Gasteiger partial charge in [0, 0.05) is 19.5 Å². The summed E-state index contributed by atoms with van der Waals surface area (Å²) in [4.78, 5) is 24.6. The maximum Gasteiger partial charge on any atom is 0.219 e. The SMILES string of the molecule is CC(=O)N(C)C(C)C(=O)c1ccc(C)cc1. The van der Waals surface area contributed by atoms with Crippen molar-refractivity contribution in [3.8, 4) is 0 Å². The van der Waals surface area contributed by atoms with Crippen molar-refractivity contribution in [3.63, 3.8) is 0 Å². The van der Waals surface area contributed by atoms with Crippen LogP contribution >= 0.6 is 0 Å². The quantitative estimate of drug-likeness (QED) is 0.729. The zero-order valence-electron chi connectivity index (χ0n) is 10.2. The molecule has 0 radical (unpaired) electrons. The Morgan fingerprint density at radius 2 is 1.69 bits per heavy atom. The maximum absolute atomic E-state index is 12.0. The Balaban J connectivity index is 2.86. The molecule has 3 heteroatoms. The third kappa shape index (κ3) is 2.69. The fraction of sp³-hybridized carbons (Fsp3) is 0.385. The molecule has 3 nitrogen and oxygen atoms in total. The van der Waals surface area contributed by atoms with Crippen LogP contribution in [0.1, 0.15) is 29.8 Å². The molecular formula is C13H17NO2. The molecule has 1 amide bonds. The topological polar surface area (TPSA) is 37.4 Å². The highest BCUT2D eigenvalue weighted by atomic mass is 16.2. The second-order valence-electron chi connectivity index (χ2n) is 4.04. The molecule has 1 unspecified atom stereocenters. The molecule has 1 rings (SSSR count). The first-order chi connectivity index (χ1) is 7.43. The molecule has 0 aromatic heterocycles. The van der Waals surface area contributed by atoms with Crippen LogP contribution in [0.4, 0.5) is 0 Å². The Kier molecular flexibility index (Phi) is 3.82. The predicted octanol–water partition coefficient (Wildman–Crippen LogP) is 2.04. The Morgan fingerprint density at radius 1 is 1.19 bits per heavy atom. The van der Waals surface area contributed by atoms with Crippen LogP contribution in [-0.4, -0.2) is 29.7 Å². The number of ketones is 1. The molecule has 1 atom stereocenters. The van der Waals surface area contributed by atoms with Gasteiger partial charge in [0.1, 0.15) is 0 Å². The summed E-state index contributed by atoms with van der Waals surface area (Å²) >= 11 is 0. The van der Waals surface area contributed by atoms with E-state index in [0.717, 1.165) is 5.56 Å². The van der Waals surface area contributed by atoms with E-state index in [1.165, 1.54) is 11.8 Å². The molecule has 0 N–H and O–H groups in total. The number of Topliss-reactive ketones (excluding diaryl/α,β-unsaturated/α-hetero) is 1. The second-order valence-corrected chi connectivity index (χ2v) is 4.04. The highest BCUT2D eigenvalue weighted by Crippen LogP contribution is 2.09. The fourth-order valence-electron chi connectivity index (χ4n) is 1.41. The summed E-state index contributed by atoms with van der Waals surface area (Å²) in [7, 11) is 1.64. The van der Waals surface area contributed by atoms with Crippen molar-refractivity contribution in [2.24, 2.45) is 0 Å². The van der Waals surface area contributed by atoms with Crippen LogP contribution < -0.4 is 0 Å². The molecule has 16 heavy (non-hydrogen) atoms. The van der Waals surface area contributed by atoms with Crippen molar-refractivity contribution in [3.05, 3.63) is 35.4 Å². The lowest BCUT2D eigenvalue weighted by atomic mass is 10.0. The van der Waals surface area contributed by atoms with Crippen LogP contribution in [0.2, 0.25) is 0 Å². The molecular weight excluding hydrogens is 202 g/mol. The molecule has 1 aromatic rings. The summed E-state index contributed by atoms with van der Waals surface area (Å²) in [5.41, 5.74) is 1.76. The number of benzene rings is 1. The molecule has 0 saturated heterocycles. The van der Waals surface area contributed by atoms with E-state index in [0.29, 0.717) is 5.56 Å². The van der Waals surface area contributed by atoms with Gasteiger partial charge in [0.15, 0.2) is 5.78 Å². The number of nitrogens with zero attached hydrogens (tertiary/aromatic N) is 1. The van der Waals surface area contributed by atoms with Crippen LogP contribution in [0.5, 0.6) is 0 Å². The molecule has 0 spiro atoms. The van der Waals surface area contributed by atoms with Crippen molar-refractivity contribution < 1.29 is 9.59 Å². The summed E-state index contributed by atoms with van der Waals surface area (Å²) in [5.74, 6) is -0.134. The predicted molar refractivity (Wildman–Crippen MR) is 63.4 cm³/mol. The molecule has 0 fully saturated rings. The van der Waals surface area contributed by atoms with Gasteiger partial charge >= 0.3 is 0 Å². The zero-order chi connectivity index (χ0) is 12.3. The Hall–Kier alpha value is -1.64. The maximum atomic E-state index is 12.0. The van der Waals surface area contributed by atoms with Gasteiger partial charge in [0.2, 0.25) is 5.91 Å². The molecule has 0 heterocycles. The van der Waals surface area contributed by atoms with Gasteiger partial charge in [-0.1, -0.05) is 29.8 Å². The lowest BCUT2D eigenvalue weighted by Gasteiger charge is -2.22. The summed E-state index contributed by atoms with van der Waals surface area (Å²) < 4.78 is 0. The summed E-state index contributed by atoms with van der Waals surface area (Å²) in [6.07, 6.45) is 0. The van der Waals surface area contributed by atoms with Crippen LogP contribution in [0.15, 0.2) is 24.3 Å². The average Bonchev–Trinajstić information content (AvgIpc) is 2.27. The first kappa shape index (κ1) is 12.4. The van der Waals surface area contributed by atoms with Crippen LogP contribution in [0.25, 0.3) is 0 Å². The minimum absolute atomic E-state index is 0.0299. The summed E-state index contributed by atoms with van der Waals surface area (Å²) in [5, 5.41) is 0. The molecule has 0 aliphatic rings. The number of aryl methyl sites for hydroxylation is 1. The number of hydrogen-bond donors (Lipinski definition) is 0. The minimum Gasteiger partial charge on any atom is -0.336 e. The van der Waals surface area contributed by atoms with Gasteiger partial charge in [-0.25, -0.2) is 0 Å². The molecule has 0 aliphatic heterocycles. The molecule has 0 bridgehead atoms. The van der Waals surface area contributed by atoms with E-state index in [1.807, 2.05) is 19.1 Å². The molecule has 86 valence electrons. The van der Waals surface area contributed by atoms with Crippen LogP contribution in [0.3, 0.4) is 0 Å². The van der Waals surface area contributed by atoms with Gasteiger partial charge in [-0.15, -0.1) is 0 Å². The Bertz CT molecular complexity index is 395. The smallest absolute Gasteiger partial charge is 0.219 e. The number of likely N-dealkylation sites (N-methyl/N-ethyl adjacent to an activating group) is 1. The van der Waals surface area contributed by atoms with Crippen molar-refractivity contribution in [2.75, 3.05) is 7.05 Å². The van der Waals surface area contributed by atoms with Gasteiger partial charge < -0.3 is 4.90 Å². The summed E-state index contributed by atoms with van der Waals surface area (Å²) in [6.45, 7) is 5.17. The monoisotopic (exact) mass is 219 g/mol. The van der Waals surface area contributed by atoms with Crippen molar-refractivity contribution in [1.29, 1.82) is 0 Å². The molecule has 0 aliphatic carbocycles. The second kappa shape index (κ2) is 4.92. The number of hydrogen-bond acceptors (Lipinski definition) is 2. The van der Waals surface area contributed by atoms with Crippen molar-refractivity contribution >= 4 is 11.7 Å². The third-order valence-electron chi connectivity index (χ3n) is 2.79. The standard InChI is InChI=1S/C13H17NO2/c1-9-5-7-12(8-6-9)13(16)10(2)14(4)11(3)15/h5-8,10H,1-4H3. The van der Waals surface area contributed by atoms with E-state index in [1.54, 1.807) is 26.1 Å². The van der Waals surface area contributed by atoms with E-state index in [2.05, 4.69) is 0 Å². The summed E-state index contributed by atoms with van der Waals surface area (Å²) in [6, 6.07) is 6.96. The highest BCUT2D eigenvalue weighted by Gasteiger charge is 2.20. The highest BCUT2D eigenvalue weighted by molar-refractivity contribution is 6.01. The van der Waals surface area contributed by atoms with Gasteiger partial charge in [-0.05, 0) is 13.8 Å². The first-order valence-electron chi connectivity index (χ1n) is 5.27. The van der Waals surface area contributed by atoms with Gasteiger partial charge in [-0.2, -0.15) is 0 Å². The number of rotatable bonds is 3. The van der Waals surface area contributed by atoms with Gasteiger partial charge in [0.25, 0.3) is 0 Å². The third-order valence-corrected chi connectivity index (χ3v) is 2.79. The lowest BCUT2D eigenvalue weighted by molar-refractivity contribution is -0.128. The Labute approximate surface area is 96.1 Å². The molecule has 0 saturated carbocycles. The van der Waals surface area contributed by atoms with E-state index in [9.17, 15) is 9.59 Å². The van der Waals surface area contributed by atoms with E-state index >= 15 is 0 Å². The fourth-order valence-corrected chi connectivity index (χ4v) is 1.41. The number of amides is 1. The van der Waals surface area contributed by atoms with Crippen LogP contribution in [-0.2, 0) is 4.79 Å². The van der Waals surface area contributed by atoms with E-state index in [-0.39, 0.29) is 11.7 Å².